The van der Waals surface area contributed by atoms with Crippen LogP contribution in [-0.4, -0.2) is 36.2 Å². The summed E-state index contributed by atoms with van der Waals surface area (Å²) in [6.07, 6.45) is 6.57. The quantitative estimate of drug-likeness (QED) is 0.278. The van der Waals surface area contributed by atoms with Crippen LogP contribution in [0.25, 0.3) is 0 Å². The molecule has 0 aromatic heterocycles. The van der Waals surface area contributed by atoms with E-state index in [1.165, 1.54) is 32.1 Å². The molecule has 206 valence electrons. The monoisotopic (exact) mass is 498 g/mol. The maximum Gasteiger partial charge on any atom is 0.312 e. The molecule has 4 aliphatic carbocycles. The number of carbonyl (C=O) groups is 3. The highest BCUT2D eigenvalue weighted by molar-refractivity contribution is 5.81. The second kappa shape index (κ2) is 11.6. The van der Waals surface area contributed by atoms with E-state index in [0.29, 0.717) is 24.7 Å². The average molecular weight is 499 g/mol. The Morgan fingerprint density at radius 3 is 1.89 bits per heavy atom. The van der Waals surface area contributed by atoms with Gasteiger partial charge in [-0.1, -0.05) is 36.6 Å². The van der Waals surface area contributed by atoms with Crippen molar-refractivity contribution < 1.29 is 28.6 Å². The first-order valence-electron chi connectivity index (χ1n) is 12.1. The lowest BCUT2D eigenvalue weighted by atomic mass is 9.50. The molecule has 1 heterocycles. The van der Waals surface area contributed by atoms with Crippen molar-refractivity contribution in [2.45, 2.75) is 127 Å². The number of cyclic esters (lactones) is 1. The van der Waals surface area contributed by atoms with Gasteiger partial charge < -0.3 is 14.2 Å². The van der Waals surface area contributed by atoms with Gasteiger partial charge >= 0.3 is 17.9 Å². The van der Waals surface area contributed by atoms with Crippen LogP contribution in [0.5, 0.6) is 0 Å². The van der Waals surface area contributed by atoms with Crippen LogP contribution >= 0.6 is 0 Å². The molecule has 0 N–H and O–H groups in total. The minimum absolute atomic E-state index is 0. The zero-order valence-electron chi connectivity index (χ0n) is 19.7. The molecule has 5 rings (SSSR count). The lowest BCUT2D eigenvalue weighted by molar-refractivity contribution is -0.213. The Morgan fingerprint density at radius 2 is 1.46 bits per heavy atom. The Balaban J connectivity index is 0.00000289. The molecule has 4 saturated carbocycles. The SMILES string of the molecule is C.C.C.C.CCC(C)(CC(C)(C)C(=O)OC1COC(=O)C1)C(=O)OC1(C)C2CC3CC(C2)CC1C3. The van der Waals surface area contributed by atoms with Gasteiger partial charge in [0.2, 0.25) is 0 Å². The number of esters is 3. The third kappa shape index (κ3) is 6.22. The van der Waals surface area contributed by atoms with E-state index in [1.807, 2.05) is 13.8 Å². The largest absolute Gasteiger partial charge is 0.462 e. The lowest BCUT2D eigenvalue weighted by Gasteiger charge is -2.59. The number of rotatable bonds is 7. The van der Waals surface area contributed by atoms with Crippen molar-refractivity contribution in [3.05, 3.63) is 0 Å². The summed E-state index contributed by atoms with van der Waals surface area (Å²) in [7, 11) is 0. The van der Waals surface area contributed by atoms with Crippen LogP contribution in [-0.2, 0) is 28.6 Å². The fraction of sp³-hybridized carbons (Fsp3) is 0.897. The van der Waals surface area contributed by atoms with Gasteiger partial charge in [0, 0.05) is 0 Å². The Bertz CT molecular complexity index is 728. The van der Waals surface area contributed by atoms with E-state index in [0.717, 1.165) is 11.8 Å². The van der Waals surface area contributed by atoms with Crippen LogP contribution in [0.3, 0.4) is 0 Å². The third-order valence-electron chi connectivity index (χ3n) is 8.83. The predicted molar refractivity (Wildman–Crippen MR) is 141 cm³/mol. The second-order valence-electron chi connectivity index (χ2n) is 11.8. The Hall–Kier alpha value is -1.59. The fourth-order valence-electron chi connectivity index (χ4n) is 6.87. The highest BCUT2D eigenvalue weighted by atomic mass is 16.6. The maximum atomic E-state index is 13.5. The molecule has 6 heteroatoms. The molecule has 35 heavy (non-hydrogen) atoms. The first kappa shape index (κ1) is 33.4. The van der Waals surface area contributed by atoms with Crippen LogP contribution in [0.4, 0.5) is 0 Å². The summed E-state index contributed by atoms with van der Waals surface area (Å²) in [5.41, 5.74) is -2.03. The molecule has 2 atom stereocenters. The van der Waals surface area contributed by atoms with E-state index < -0.39 is 22.9 Å². The average Bonchev–Trinajstić information content (AvgIpc) is 3.09. The zero-order chi connectivity index (χ0) is 22.6. The van der Waals surface area contributed by atoms with Gasteiger partial charge in [0.15, 0.2) is 0 Å². The molecule has 5 fully saturated rings. The van der Waals surface area contributed by atoms with Gasteiger partial charge in [-0.2, -0.15) is 0 Å². The molecule has 6 nitrogen and oxygen atoms in total. The molecule has 0 amide bonds. The fourth-order valence-corrected chi connectivity index (χ4v) is 6.87. The smallest absolute Gasteiger partial charge is 0.312 e. The first-order valence-corrected chi connectivity index (χ1v) is 12.1. The van der Waals surface area contributed by atoms with Gasteiger partial charge in [0.1, 0.15) is 18.3 Å². The summed E-state index contributed by atoms with van der Waals surface area (Å²) in [4.78, 5) is 37.7. The minimum atomic E-state index is -0.875. The highest BCUT2D eigenvalue weighted by Gasteiger charge is 2.58. The predicted octanol–water partition coefficient (Wildman–Crippen LogP) is 6.98. The van der Waals surface area contributed by atoms with E-state index in [1.54, 1.807) is 13.8 Å². The maximum absolute atomic E-state index is 13.5. The molecule has 2 unspecified atom stereocenters. The van der Waals surface area contributed by atoms with Gasteiger partial charge in [0.25, 0.3) is 0 Å². The molecule has 1 saturated heterocycles. The van der Waals surface area contributed by atoms with E-state index in [-0.39, 0.29) is 60.3 Å². The van der Waals surface area contributed by atoms with Crippen molar-refractivity contribution in [3.63, 3.8) is 0 Å². The van der Waals surface area contributed by atoms with Crippen molar-refractivity contribution in [1.29, 1.82) is 0 Å². The van der Waals surface area contributed by atoms with Gasteiger partial charge in [-0.25, -0.2) is 0 Å². The van der Waals surface area contributed by atoms with Gasteiger partial charge in [-0.05, 0) is 96.3 Å². The Labute approximate surface area is 215 Å². The number of ether oxygens (including phenoxy) is 3. The van der Waals surface area contributed by atoms with Crippen molar-refractivity contribution in [2.24, 2.45) is 34.5 Å². The summed E-state index contributed by atoms with van der Waals surface area (Å²) in [5.74, 6) is 1.62. The Kier molecular flexibility index (Phi) is 11.1. The number of carbonyl (C=O) groups excluding carboxylic acids is 3. The van der Waals surface area contributed by atoms with Crippen LogP contribution < -0.4 is 0 Å². The van der Waals surface area contributed by atoms with Crippen LogP contribution in [0.1, 0.15) is 116 Å². The summed E-state index contributed by atoms with van der Waals surface area (Å²) in [5, 5.41) is 0. The molecule has 0 aromatic carbocycles. The van der Waals surface area contributed by atoms with Crippen LogP contribution in [0.15, 0.2) is 0 Å². The third-order valence-corrected chi connectivity index (χ3v) is 8.83. The Morgan fingerprint density at radius 1 is 0.943 bits per heavy atom. The van der Waals surface area contributed by atoms with E-state index in [9.17, 15) is 14.4 Å². The normalized spacial score (nSPS) is 34.1. The molecular formula is C29H54O6. The molecule has 5 aliphatic rings. The highest BCUT2D eigenvalue weighted by Crippen LogP contribution is 2.60. The molecule has 4 bridgehead atoms. The molecule has 0 spiro atoms. The topological polar surface area (TPSA) is 78.9 Å². The number of hydrogen-bond acceptors (Lipinski definition) is 6. The molecule has 1 aliphatic heterocycles. The zero-order valence-corrected chi connectivity index (χ0v) is 19.7. The van der Waals surface area contributed by atoms with E-state index in [4.69, 9.17) is 14.2 Å². The van der Waals surface area contributed by atoms with Crippen molar-refractivity contribution >= 4 is 17.9 Å². The second-order valence-corrected chi connectivity index (χ2v) is 11.8. The summed E-state index contributed by atoms with van der Waals surface area (Å²) >= 11 is 0. The van der Waals surface area contributed by atoms with Gasteiger partial charge in [-0.3, -0.25) is 14.4 Å². The van der Waals surface area contributed by atoms with Gasteiger partial charge in [0.05, 0.1) is 17.3 Å². The van der Waals surface area contributed by atoms with Crippen molar-refractivity contribution in [3.8, 4) is 0 Å². The van der Waals surface area contributed by atoms with Crippen molar-refractivity contribution in [2.75, 3.05) is 6.61 Å². The van der Waals surface area contributed by atoms with E-state index >= 15 is 0 Å². The molecular weight excluding hydrogens is 444 g/mol. The summed E-state index contributed by atoms with van der Waals surface area (Å²) in [6.45, 7) is 9.76. The number of hydrogen-bond donors (Lipinski definition) is 0. The van der Waals surface area contributed by atoms with Crippen molar-refractivity contribution in [1.82, 2.24) is 0 Å². The minimum Gasteiger partial charge on any atom is -0.462 e. The summed E-state index contributed by atoms with van der Waals surface area (Å²) in [6, 6.07) is 0. The standard InChI is InChI=1S/C25H38O6.4CH4/c1-6-24(4,14-23(2,3)21(27)30-19-12-20(26)29-13-19)22(28)31-25(5)17-8-15-7-16(10-17)11-18(25)9-15;;;;/h15-19H,6-14H2,1-5H3;4*1H4. The summed E-state index contributed by atoms with van der Waals surface area (Å²) < 4.78 is 16.8. The first-order chi connectivity index (χ1) is 14.4. The lowest BCUT2D eigenvalue weighted by Crippen LogP contribution is -2.59. The molecule has 0 radical (unpaired) electrons. The van der Waals surface area contributed by atoms with Crippen LogP contribution in [0.2, 0.25) is 0 Å². The van der Waals surface area contributed by atoms with E-state index in [2.05, 4.69) is 6.92 Å². The van der Waals surface area contributed by atoms with Crippen LogP contribution in [0, 0.1) is 34.5 Å². The van der Waals surface area contributed by atoms with Gasteiger partial charge in [-0.15, -0.1) is 0 Å². The molecule has 0 aromatic rings.